The van der Waals surface area contributed by atoms with Crippen molar-refractivity contribution in [3.05, 3.63) is 66.0 Å². The highest BCUT2D eigenvalue weighted by Gasteiger charge is 2.25. The molecule has 0 bridgehead atoms. The molecular formula is C23H29FN2O2S. The second-order valence-corrected chi connectivity index (χ2v) is 8.54. The average Bonchev–Trinajstić information content (AvgIpc) is 2.71. The van der Waals surface area contributed by atoms with Crippen LogP contribution in [0.15, 0.2) is 59.5 Å². The molecule has 0 aliphatic carbocycles. The third-order valence-electron chi connectivity index (χ3n) is 4.45. The lowest BCUT2D eigenvalue weighted by Gasteiger charge is -2.29. The lowest BCUT2D eigenvalue weighted by atomic mass is 10.1. The minimum absolute atomic E-state index is 0.0926. The van der Waals surface area contributed by atoms with Crippen LogP contribution in [-0.2, 0) is 16.1 Å². The molecule has 2 rings (SSSR count). The molecule has 0 aromatic heterocycles. The summed E-state index contributed by atoms with van der Waals surface area (Å²) in [5.74, 6) is 0.362. The van der Waals surface area contributed by atoms with E-state index in [2.05, 4.69) is 5.32 Å². The Balaban J connectivity index is 2.04. The normalized spacial score (nSPS) is 11.9. The molecule has 1 unspecified atom stereocenters. The minimum atomic E-state index is -0.604. The fraction of sp³-hybridized carbons (Fsp3) is 0.391. The zero-order valence-corrected chi connectivity index (χ0v) is 18.0. The van der Waals surface area contributed by atoms with Crippen LogP contribution >= 0.6 is 11.8 Å². The topological polar surface area (TPSA) is 49.4 Å². The van der Waals surface area contributed by atoms with E-state index in [1.807, 2.05) is 44.2 Å². The molecule has 156 valence electrons. The summed E-state index contributed by atoms with van der Waals surface area (Å²) in [4.78, 5) is 28.2. The van der Waals surface area contributed by atoms with Crippen LogP contribution in [0.25, 0.3) is 0 Å². The minimum Gasteiger partial charge on any atom is -0.354 e. The van der Waals surface area contributed by atoms with Crippen LogP contribution in [0.5, 0.6) is 0 Å². The fourth-order valence-electron chi connectivity index (χ4n) is 2.74. The predicted molar refractivity (Wildman–Crippen MR) is 116 cm³/mol. The van der Waals surface area contributed by atoms with E-state index in [-0.39, 0.29) is 24.2 Å². The van der Waals surface area contributed by atoms with Crippen LogP contribution in [0.4, 0.5) is 4.39 Å². The number of benzene rings is 2. The highest BCUT2D eigenvalue weighted by molar-refractivity contribution is 7.99. The summed E-state index contributed by atoms with van der Waals surface area (Å²) in [6, 6.07) is 15.3. The van der Waals surface area contributed by atoms with Crippen molar-refractivity contribution in [1.82, 2.24) is 10.2 Å². The van der Waals surface area contributed by atoms with Gasteiger partial charge in [-0.15, -0.1) is 11.8 Å². The maximum atomic E-state index is 13.2. The van der Waals surface area contributed by atoms with E-state index >= 15 is 0 Å². The van der Waals surface area contributed by atoms with E-state index in [4.69, 9.17) is 0 Å². The van der Waals surface area contributed by atoms with Gasteiger partial charge >= 0.3 is 0 Å². The molecule has 0 aliphatic rings. The van der Waals surface area contributed by atoms with Crippen LogP contribution < -0.4 is 5.32 Å². The van der Waals surface area contributed by atoms with Crippen molar-refractivity contribution in [1.29, 1.82) is 0 Å². The Labute approximate surface area is 176 Å². The first-order chi connectivity index (χ1) is 13.9. The summed E-state index contributed by atoms with van der Waals surface area (Å²) in [5, 5.41) is 2.90. The molecule has 0 saturated heterocycles. The Morgan fingerprint density at radius 2 is 1.69 bits per heavy atom. The fourth-order valence-corrected chi connectivity index (χ4v) is 3.60. The number of thioether (sulfide) groups is 1. The van der Waals surface area contributed by atoms with Gasteiger partial charge in [0.15, 0.2) is 0 Å². The first kappa shape index (κ1) is 22.9. The molecule has 0 heterocycles. The first-order valence-electron chi connectivity index (χ1n) is 9.86. The molecule has 4 nitrogen and oxygen atoms in total. The van der Waals surface area contributed by atoms with Gasteiger partial charge in [-0.2, -0.15) is 0 Å². The molecule has 29 heavy (non-hydrogen) atoms. The molecule has 1 N–H and O–H groups in total. The number of nitrogens with zero attached hydrogens (tertiary/aromatic N) is 1. The van der Waals surface area contributed by atoms with Crippen LogP contribution in [0.2, 0.25) is 0 Å². The summed E-state index contributed by atoms with van der Waals surface area (Å²) >= 11 is 1.61. The van der Waals surface area contributed by atoms with Crippen LogP contribution in [0.3, 0.4) is 0 Å². The molecule has 1 atom stereocenters. The number of hydrogen-bond donors (Lipinski definition) is 1. The van der Waals surface area contributed by atoms with E-state index in [9.17, 15) is 14.0 Å². The second-order valence-electron chi connectivity index (χ2n) is 7.37. The van der Waals surface area contributed by atoms with Crippen molar-refractivity contribution in [2.24, 2.45) is 5.92 Å². The highest BCUT2D eigenvalue weighted by atomic mass is 32.2. The zero-order valence-electron chi connectivity index (χ0n) is 17.2. The van der Waals surface area contributed by atoms with Crippen molar-refractivity contribution < 1.29 is 14.0 Å². The third-order valence-corrected chi connectivity index (χ3v) is 5.46. The monoisotopic (exact) mass is 416 g/mol. The molecule has 0 aliphatic heterocycles. The summed E-state index contributed by atoms with van der Waals surface area (Å²) in [6.45, 7) is 6.61. The Kier molecular flexibility index (Phi) is 9.19. The van der Waals surface area contributed by atoms with Crippen molar-refractivity contribution >= 4 is 23.6 Å². The summed E-state index contributed by atoms with van der Waals surface area (Å²) in [5.41, 5.74) is 0.791. The second kappa shape index (κ2) is 11.6. The smallest absolute Gasteiger partial charge is 0.242 e. The van der Waals surface area contributed by atoms with Crippen LogP contribution in [-0.4, -0.2) is 35.1 Å². The number of carbonyl (C=O) groups excluding carboxylic acids is 2. The van der Waals surface area contributed by atoms with Gasteiger partial charge in [0, 0.05) is 30.2 Å². The third kappa shape index (κ3) is 7.89. The summed E-state index contributed by atoms with van der Waals surface area (Å²) < 4.78 is 13.2. The van der Waals surface area contributed by atoms with Crippen molar-refractivity contribution in [2.45, 2.75) is 44.7 Å². The summed E-state index contributed by atoms with van der Waals surface area (Å²) in [6.07, 6.45) is 0.322. The van der Waals surface area contributed by atoms with Crippen molar-refractivity contribution in [2.75, 3.05) is 12.3 Å². The van der Waals surface area contributed by atoms with E-state index in [0.717, 1.165) is 10.5 Å². The van der Waals surface area contributed by atoms with Crippen molar-refractivity contribution in [3.8, 4) is 0 Å². The maximum absolute atomic E-state index is 13.2. The Morgan fingerprint density at radius 3 is 2.31 bits per heavy atom. The van der Waals surface area contributed by atoms with E-state index in [0.29, 0.717) is 24.6 Å². The van der Waals surface area contributed by atoms with E-state index in [1.54, 1.807) is 35.7 Å². The number of carbonyl (C=O) groups is 2. The zero-order chi connectivity index (χ0) is 21.2. The van der Waals surface area contributed by atoms with E-state index < -0.39 is 6.04 Å². The van der Waals surface area contributed by atoms with Gasteiger partial charge in [0.05, 0.1) is 0 Å². The predicted octanol–water partition coefficient (Wildman–Crippen LogP) is 4.50. The van der Waals surface area contributed by atoms with Gasteiger partial charge < -0.3 is 10.2 Å². The summed E-state index contributed by atoms with van der Waals surface area (Å²) in [7, 11) is 0. The molecule has 6 heteroatoms. The van der Waals surface area contributed by atoms with E-state index in [1.165, 1.54) is 12.1 Å². The van der Waals surface area contributed by atoms with Crippen LogP contribution in [0.1, 0.15) is 32.8 Å². The number of amides is 2. The van der Waals surface area contributed by atoms with Gasteiger partial charge in [-0.05, 0) is 42.7 Å². The quantitative estimate of drug-likeness (QED) is 0.580. The molecule has 2 aromatic rings. The highest BCUT2D eigenvalue weighted by Crippen LogP contribution is 2.19. The molecule has 0 radical (unpaired) electrons. The Bertz CT molecular complexity index is 781. The van der Waals surface area contributed by atoms with Crippen molar-refractivity contribution in [3.63, 3.8) is 0 Å². The molecule has 0 fully saturated rings. The number of halogens is 1. The number of rotatable bonds is 10. The SMILES string of the molecule is CC(C)CNC(=O)C(C)N(Cc1ccc(F)cc1)C(=O)CCSc1ccccc1. The van der Waals surface area contributed by atoms with Gasteiger partial charge in [-0.25, -0.2) is 4.39 Å². The molecule has 2 aromatic carbocycles. The molecular weight excluding hydrogens is 387 g/mol. The van der Waals surface area contributed by atoms with Crippen LogP contribution in [0, 0.1) is 11.7 Å². The largest absolute Gasteiger partial charge is 0.354 e. The maximum Gasteiger partial charge on any atom is 0.242 e. The van der Waals surface area contributed by atoms with Gasteiger partial charge in [-0.1, -0.05) is 44.2 Å². The average molecular weight is 417 g/mol. The molecule has 0 spiro atoms. The lowest BCUT2D eigenvalue weighted by Crippen LogP contribution is -2.48. The number of nitrogens with one attached hydrogen (secondary N) is 1. The van der Waals surface area contributed by atoms with Gasteiger partial charge in [0.1, 0.15) is 11.9 Å². The van der Waals surface area contributed by atoms with Gasteiger partial charge in [-0.3, -0.25) is 9.59 Å². The number of hydrogen-bond acceptors (Lipinski definition) is 3. The first-order valence-corrected chi connectivity index (χ1v) is 10.8. The Hall–Kier alpha value is -2.34. The van der Waals surface area contributed by atoms with Gasteiger partial charge in [0.2, 0.25) is 11.8 Å². The Morgan fingerprint density at radius 1 is 1.03 bits per heavy atom. The van der Waals surface area contributed by atoms with Gasteiger partial charge in [0.25, 0.3) is 0 Å². The lowest BCUT2D eigenvalue weighted by molar-refractivity contribution is -0.140. The standard InChI is InChI=1S/C23H29FN2O2S/c1-17(2)15-25-23(28)18(3)26(16-19-9-11-20(24)12-10-19)22(27)13-14-29-21-7-5-4-6-8-21/h4-12,17-18H,13-16H2,1-3H3,(H,25,28). The molecule has 0 saturated carbocycles. The molecule has 2 amide bonds.